The SMILES string of the molecule is Cc1ccc2c(c1)C(O)(Cc1cnccc1N)CC2. The molecule has 3 heteroatoms. The molecule has 19 heavy (non-hydrogen) atoms. The molecule has 0 bridgehead atoms. The van der Waals surface area contributed by atoms with E-state index in [9.17, 15) is 5.11 Å². The van der Waals surface area contributed by atoms with Gasteiger partial charge in [-0.25, -0.2) is 0 Å². The van der Waals surface area contributed by atoms with Crippen molar-refractivity contribution in [2.24, 2.45) is 0 Å². The molecule has 1 heterocycles. The summed E-state index contributed by atoms with van der Waals surface area (Å²) in [6, 6.07) is 8.10. The summed E-state index contributed by atoms with van der Waals surface area (Å²) in [7, 11) is 0. The van der Waals surface area contributed by atoms with Crippen molar-refractivity contribution in [1.82, 2.24) is 4.98 Å². The maximum Gasteiger partial charge on any atom is 0.0944 e. The summed E-state index contributed by atoms with van der Waals surface area (Å²) in [4.78, 5) is 4.10. The highest BCUT2D eigenvalue weighted by Gasteiger charge is 2.37. The normalized spacial score (nSPS) is 21.4. The molecule has 0 spiro atoms. The summed E-state index contributed by atoms with van der Waals surface area (Å²) in [6.45, 7) is 2.05. The number of hydrogen-bond acceptors (Lipinski definition) is 3. The fourth-order valence-electron chi connectivity index (χ4n) is 2.90. The number of nitrogens with zero attached hydrogens (tertiary/aromatic N) is 1. The van der Waals surface area contributed by atoms with Gasteiger partial charge < -0.3 is 10.8 Å². The molecule has 0 radical (unpaired) electrons. The molecule has 3 N–H and O–H groups in total. The molecule has 98 valence electrons. The topological polar surface area (TPSA) is 59.1 Å². The monoisotopic (exact) mass is 254 g/mol. The first-order valence-corrected chi connectivity index (χ1v) is 6.59. The fourth-order valence-corrected chi connectivity index (χ4v) is 2.90. The maximum absolute atomic E-state index is 11.0. The zero-order valence-electron chi connectivity index (χ0n) is 11.1. The molecular formula is C16H18N2O. The van der Waals surface area contributed by atoms with Gasteiger partial charge in [0, 0.05) is 24.5 Å². The fraction of sp³-hybridized carbons (Fsp3) is 0.312. The smallest absolute Gasteiger partial charge is 0.0944 e. The number of pyridine rings is 1. The molecule has 2 aromatic rings. The molecule has 3 nitrogen and oxygen atoms in total. The Morgan fingerprint density at radius 3 is 3.00 bits per heavy atom. The Hall–Kier alpha value is -1.87. The van der Waals surface area contributed by atoms with Crippen molar-refractivity contribution in [2.75, 3.05) is 5.73 Å². The van der Waals surface area contributed by atoms with E-state index in [2.05, 4.69) is 30.1 Å². The van der Waals surface area contributed by atoms with Gasteiger partial charge in [0.2, 0.25) is 0 Å². The number of aryl methyl sites for hydroxylation is 2. The third-order valence-corrected chi connectivity index (χ3v) is 4.00. The van der Waals surface area contributed by atoms with Crippen molar-refractivity contribution in [3.63, 3.8) is 0 Å². The summed E-state index contributed by atoms with van der Waals surface area (Å²) >= 11 is 0. The largest absolute Gasteiger partial charge is 0.398 e. The van der Waals surface area contributed by atoms with E-state index < -0.39 is 5.60 Å². The number of aliphatic hydroxyl groups is 1. The van der Waals surface area contributed by atoms with Crippen LogP contribution in [0.1, 0.15) is 28.7 Å². The predicted molar refractivity (Wildman–Crippen MR) is 75.8 cm³/mol. The zero-order valence-corrected chi connectivity index (χ0v) is 11.1. The van der Waals surface area contributed by atoms with E-state index in [1.807, 2.05) is 0 Å². The molecule has 1 atom stereocenters. The molecule has 1 aliphatic carbocycles. The quantitative estimate of drug-likeness (QED) is 0.865. The minimum atomic E-state index is -0.807. The van der Waals surface area contributed by atoms with Crippen LogP contribution in [-0.4, -0.2) is 10.1 Å². The van der Waals surface area contributed by atoms with Gasteiger partial charge in [0.1, 0.15) is 0 Å². The maximum atomic E-state index is 11.0. The van der Waals surface area contributed by atoms with Crippen molar-refractivity contribution < 1.29 is 5.11 Å². The van der Waals surface area contributed by atoms with Crippen molar-refractivity contribution >= 4 is 5.69 Å². The van der Waals surface area contributed by atoms with Gasteiger partial charge in [0.25, 0.3) is 0 Å². The van der Waals surface area contributed by atoms with Crippen LogP contribution in [0.2, 0.25) is 0 Å². The number of nitrogens with two attached hydrogens (primary N) is 1. The number of fused-ring (bicyclic) bond motifs is 1. The lowest BCUT2D eigenvalue weighted by Crippen LogP contribution is -2.26. The molecule has 0 aliphatic heterocycles. The number of hydrogen-bond donors (Lipinski definition) is 2. The second-order valence-electron chi connectivity index (χ2n) is 5.44. The molecule has 1 unspecified atom stereocenters. The van der Waals surface area contributed by atoms with Crippen LogP contribution in [0.3, 0.4) is 0 Å². The van der Waals surface area contributed by atoms with Gasteiger partial charge in [-0.2, -0.15) is 0 Å². The highest BCUT2D eigenvalue weighted by molar-refractivity contribution is 5.48. The number of benzene rings is 1. The van der Waals surface area contributed by atoms with Crippen LogP contribution in [0.15, 0.2) is 36.7 Å². The lowest BCUT2D eigenvalue weighted by molar-refractivity contribution is 0.0390. The Balaban J connectivity index is 1.99. The first-order chi connectivity index (χ1) is 9.08. The van der Waals surface area contributed by atoms with Crippen molar-refractivity contribution in [2.45, 2.75) is 31.8 Å². The first kappa shape index (κ1) is 12.2. The number of nitrogen functional groups attached to an aromatic ring is 1. The number of aromatic nitrogens is 1. The number of rotatable bonds is 2. The van der Waals surface area contributed by atoms with Crippen molar-refractivity contribution in [1.29, 1.82) is 0 Å². The van der Waals surface area contributed by atoms with Gasteiger partial charge in [-0.3, -0.25) is 4.98 Å². The van der Waals surface area contributed by atoms with E-state index in [4.69, 9.17) is 5.73 Å². The lowest BCUT2D eigenvalue weighted by atomic mass is 9.88. The van der Waals surface area contributed by atoms with Crippen LogP contribution < -0.4 is 5.73 Å². The summed E-state index contributed by atoms with van der Waals surface area (Å²) < 4.78 is 0. The minimum Gasteiger partial charge on any atom is -0.398 e. The van der Waals surface area contributed by atoms with E-state index in [1.54, 1.807) is 18.5 Å². The Morgan fingerprint density at radius 1 is 1.37 bits per heavy atom. The van der Waals surface area contributed by atoms with Crippen LogP contribution in [0, 0.1) is 6.92 Å². The second-order valence-corrected chi connectivity index (χ2v) is 5.44. The molecule has 0 saturated carbocycles. The van der Waals surface area contributed by atoms with Crippen LogP contribution in [0.5, 0.6) is 0 Å². The first-order valence-electron chi connectivity index (χ1n) is 6.59. The summed E-state index contributed by atoms with van der Waals surface area (Å²) in [5.41, 5.74) is 10.2. The molecule has 1 aliphatic rings. The van der Waals surface area contributed by atoms with Gasteiger partial charge in [0.05, 0.1) is 5.60 Å². The van der Waals surface area contributed by atoms with Gasteiger partial charge in [-0.1, -0.05) is 23.8 Å². The second kappa shape index (κ2) is 4.35. The van der Waals surface area contributed by atoms with Crippen LogP contribution in [-0.2, 0) is 18.4 Å². The van der Waals surface area contributed by atoms with E-state index >= 15 is 0 Å². The minimum absolute atomic E-state index is 0.531. The van der Waals surface area contributed by atoms with Crippen LogP contribution >= 0.6 is 0 Å². The highest BCUT2D eigenvalue weighted by Crippen LogP contribution is 2.40. The molecular weight excluding hydrogens is 236 g/mol. The summed E-state index contributed by atoms with van der Waals surface area (Å²) in [6.07, 6.45) is 5.63. The average Bonchev–Trinajstić information content (AvgIpc) is 2.70. The Morgan fingerprint density at radius 2 is 2.21 bits per heavy atom. The van der Waals surface area contributed by atoms with Gasteiger partial charge >= 0.3 is 0 Å². The van der Waals surface area contributed by atoms with Crippen LogP contribution in [0.25, 0.3) is 0 Å². The molecule has 1 aromatic heterocycles. The molecule has 3 rings (SSSR count). The van der Waals surface area contributed by atoms with Crippen LogP contribution in [0.4, 0.5) is 5.69 Å². The van der Waals surface area contributed by atoms with E-state index in [0.717, 1.165) is 24.0 Å². The molecule has 0 fully saturated rings. The zero-order chi connectivity index (χ0) is 13.5. The molecule has 1 aromatic carbocycles. The van der Waals surface area contributed by atoms with Gasteiger partial charge in [-0.15, -0.1) is 0 Å². The Labute approximate surface area is 113 Å². The Kier molecular flexibility index (Phi) is 2.79. The summed E-state index contributed by atoms with van der Waals surface area (Å²) in [5, 5.41) is 11.0. The van der Waals surface area contributed by atoms with E-state index in [0.29, 0.717) is 12.1 Å². The predicted octanol–water partition coefficient (Wildman–Crippen LogP) is 2.35. The van der Waals surface area contributed by atoms with Gasteiger partial charge in [0.15, 0.2) is 0 Å². The highest BCUT2D eigenvalue weighted by atomic mass is 16.3. The standard InChI is InChI=1S/C16H18N2O/c1-11-2-3-12-4-6-16(19,14(12)8-11)9-13-10-18-7-5-15(13)17/h2-3,5,7-8,10,19H,4,6,9H2,1H3,(H2,17,18). The number of anilines is 1. The average molecular weight is 254 g/mol. The lowest BCUT2D eigenvalue weighted by Gasteiger charge is -2.25. The summed E-state index contributed by atoms with van der Waals surface area (Å²) in [5.74, 6) is 0. The van der Waals surface area contributed by atoms with Gasteiger partial charge in [-0.05, 0) is 42.5 Å². The van der Waals surface area contributed by atoms with E-state index in [1.165, 1.54) is 11.1 Å². The third kappa shape index (κ3) is 2.10. The Bertz CT molecular complexity index is 624. The molecule has 0 saturated heterocycles. The third-order valence-electron chi connectivity index (χ3n) is 4.00. The van der Waals surface area contributed by atoms with Crippen molar-refractivity contribution in [3.8, 4) is 0 Å². The van der Waals surface area contributed by atoms with E-state index in [-0.39, 0.29) is 0 Å². The molecule has 0 amide bonds. The van der Waals surface area contributed by atoms with Crippen molar-refractivity contribution in [3.05, 3.63) is 58.9 Å².